The van der Waals surface area contributed by atoms with Crippen LogP contribution >= 0.6 is 11.8 Å². The molecule has 19 heavy (non-hydrogen) atoms. The van der Waals surface area contributed by atoms with Gasteiger partial charge in [0.2, 0.25) is 0 Å². The summed E-state index contributed by atoms with van der Waals surface area (Å²) in [5.74, 6) is -0.204. The Morgan fingerprint density at radius 2 is 2.21 bits per heavy atom. The lowest BCUT2D eigenvalue weighted by Crippen LogP contribution is -2.08. The highest BCUT2D eigenvalue weighted by Gasteiger charge is 2.19. The second-order valence-electron chi connectivity index (χ2n) is 4.34. The van der Waals surface area contributed by atoms with Gasteiger partial charge in [0.15, 0.2) is 11.0 Å². The highest BCUT2D eigenvalue weighted by molar-refractivity contribution is 7.99. The van der Waals surface area contributed by atoms with Gasteiger partial charge < -0.3 is 9.67 Å². The minimum atomic E-state index is -0.870. The molecule has 0 fully saturated rings. The monoisotopic (exact) mass is 281 g/mol. The number of aryl methyl sites for hydroxylation is 1. The summed E-state index contributed by atoms with van der Waals surface area (Å²) in [4.78, 5) is 14.7. The van der Waals surface area contributed by atoms with Crippen LogP contribution in [-0.4, -0.2) is 41.1 Å². The molecule has 0 bridgehead atoms. The van der Waals surface area contributed by atoms with Crippen LogP contribution in [0.15, 0.2) is 17.7 Å². The third kappa shape index (κ3) is 2.78. The zero-order valence-electron chi connectivity index (χ0n) is 10.9. The average Bonchev–Trinajstić information content (AvgIpc) is 2.91. The smallest absolute Gasteiger partial charge is 0.313 e. The quantitative estimate of drug-likeness (QED) is 0.834. The molecule has 2 heterocycles. The number of carboxylic acids is 1. The first-order valence-corrected chi connectivity index (χ1v) is 6.75. The van der Waals surface area contributed by atoms with Crippen molar-refractivity contribution in [2.45, 2.75) is 25.0 Å². The van der Waals surface area contributed by atoms with Crippen molar-refractivity contribution in [1.82, 2.24) is 24.3 Å². The van der Waals surface area contributed by atoms with Gasteiger partial charge in [-0.25, -0.2) is 4.98 Å². The standard InChI is InChI=1S/C11H15N5O2S/c1-7(2)16-10(8-4-12-6-15(8)3)13-14-11(16)19-5-9(17)18/h4,6-7H,5H2,1-3H3,(H,17,18). The normalized spacial score (nSPS) is 11.2. The van der Waals surface area contributed by atoms with E-state index in [0.29, 0.717) is 11.0 Å². The van der Waals surface area contributed by atoms with E-state index in [9.17, 15) is 4.79 Å². The van der Waals surface area contributed by atoms with Crippen molar-refractivity contribution in [3.8, 4) is 11.5 Å². The number of rotatable bonds is 5. The third-order valence-corrected chi connectivity index (χ3v) is 3.48. The second kappa shape index (κ2) is 5.43. The SMILES string of the molecule is CC(C)n1c(SCC(=O)O)nnc1-c1cncn1C. The van der Waals surface area contributed by atoms with Gasteiger partial charge in [0.1, 0.15) is 5.69 Å². The summed E-state index contributed by atoms with van der Waals surface area (Å²) in [6.45, 7) is 4.02. The molecule has 0 aliphatic rings. The largest absolute Gasteiger partial charge is 0.481 e. The van der Waals surface area contributed by atoms with Crippen LogP contribution in [0.4, 0.5) is 0 Å². The van der Waals surface area contributed by atoms with E-state index in [1.165, 1.54) is 11.8 Å². The fourth-order valence-electron chi connectivity index (χ4n) is 1.71. The van der Waals surface area contributed by atoms with Gasteiger partial charge in [0.05, 0.1) is 18.3 Å². The van der Waals surface area contributed by atoms with E-state index in [-0.39, 0.29) is 11.8 Å². The third-order valence-electron chi connectivity index (χ3n) is 2.55. The van der Waals surface area contributed by atoms with Crippen LogP contribution in [0.2, 0.25) is 0 Å². The molecule has 1 N–H and O–H groups in total. The van der Waals surface area contributed by atoms with E-state index >= 15 is 0 Å². The summed E-state index contributed by atoms with van der Waals surface area (Å²) in [5, 5.41) is 17.6. The van der Waals surface area contributed by atoms with Crippen molar-refractivity contribution >= 4 is 17.7 Å². The van der Waals surface area contributed by atoms with E-state index < -0.39 is 5.97 Å². The average molecular weight is 281 g/mol. The van der Waals surface area contributed by atoms with Crippen LogP contribution in [0.3, 0.4) is 0 Å². The van der Waals surface area contributed by atoms with Gasteiger partial charge in [-0.3, -0.25) is 9.36 Å². The first-order chi connectivity index (χ1) is 9.00. The highest BCUT2D eigenvalue weighted by atomic mass is 32.2. The topological polar surface area (TPSA) is 85.8 Å². The number of hydrogen-bond acceptors (Lipinski definition) is 5. The summed E-state index contributed by atoms with van der Waals surface area (Å²) in [6, 6.07) is 0.135. The van der Waals surface area contributed by atoms with Crippen molar-refractivity contribution in [2.75, 3.05) is 5.75 Å². The van der Waals surface area contributed by atoms with E-state index in [4.69, 9.17) is 5.11 Å². The molecule has 2 aromatic rings. The van der Waals surface area contributed by atoms with Crippen molar-refractivity contribution in [3.63, 3.8) is 0 Å². The van der Waals surface area contributed by atoms with Gasteiger partial charge >= 0.3 is 5.97 Å². The highest BCUT2D eigenvalue weighted by Crippen LogP contribution is 2.26. The van der Waals surface area contributed by atoms with E-state index in [1.807, 2.05) is 30.0 Å². The summed E-state index contributed by atoms with van der Waals surface area (Å²) in [6.07, 6.45) is 3.41. The van der Waals surface area contributed by atoms with Crippen molar-refractivity contribution < 1.29 is 9.90 Å². The molecule has 0 spiro atoms. The lowest BCUT2D eigenvalue weighted by atomic mass is 10.3. The van der Waals surface area contributed by atoms with Crippen molar-refractivity contribution in [3.05, 3.63) is 12.5 Å². The molecular formula is C11H15N5O2S. The Morgan fingerprint density at radius 3 is 2.74 bits per heavy atom. The summed E-state index contributed by atoms with van der Waals surface area (Å²) < 4.78 is 3.78. The first-order valence-electron chi connectivity index (χ1n) is 5.77. The lowest BCUT2D eigenvalue weighted by Gasteiger charge is -2.13. The summed E-state index contributed by atoms with van der Waals surface area (Å²) >= 11 is 1.17. The molecule has 0 aliphatic carbocycles. The molecule has 0 aromatic carbocycles. The van der Waals surface area contributed by atoms with Crippen LogP contribution < -0.4 is 0 Å². The Morgan fingerprint density at radius 1 is 1.47 bits per heavy atom. The van der Waals surface area contributed by atoms with Gasteiger partial charge in [-0.2, -0.15) is 0 Å². The minimum Gasteiger partial charge on any atom is -0.481 e. The lowest BCUT2D eigenvalue weighted by molar-refractivity contribution is -0.133. The van der Waals surface area contributed by atoms with Gasteiger partial charge in [0.25, 0.3) is 0 Å². The maximum Gasteiger partial charge on any atom is 0.313 e. The summed E-state index contributed by atoms with van der Waals surface area (Å²) in [7, 11) is 1.88. The van der Waals surface area contributed by atoms with E-state index in [0.717, 1.165) is 5.69 Å². The van der Waals surface area contributed by atoms with Gasteiger partial charge in [-0.1, -0.05) is 11.8 Å². The van der Waals surface area contributed by atoms with Gasteiger partial charge in [0, 0.05) is 13.1 Å². The Kier molecular flexibility index (Phi) is 3.89. The molecule has 0 atom stereocenters. The Hall–Kier alpha value is -1.83. The predicted octanol–water partition coefficient (Wildman–Crippen LogP) is 1.44. The number of carboxylic acid groups (broad SMARTS) is 1. The van der Waals surface area contributed by atoms with Crippen molar-refractivity contribution in [2.24, 2.45) is 7.05 Å². The van der Waals surface area contributed by atoms with Crippen LogP contribution in [0.25, 0.3) is 11.5 Å². The predicted molar refractivity (Wildman–Crippen MR) is 71.0 cm³/mol. The molecule has 0 saturated heterocycles. The number of carbonyl (C=O) groups is 1. The van der Waals surface area contributed by atoms with Gasteiger partial charge in [-0.15, -0.1) is 10.2 Å². The van der Waals surface area contributed by atoms with Crippen molar-refractivity contribution in [1.29, 1.82) is 0 Å². The molecule has 0 radical (unpaired) electrons. The van der Waals surface area contributed by atoms with Crippen LogP contribution in [0.5, 0.6) is 0 Å². The fraction of sp³-hybridized carbons (Fsp3) is 0.455. The molecule has 2 aromatic heterocycles. The molecular weight excluding hydrogens is 266 g/mol. The molecule has 0 aliphatic heterocycles. The Labute approximate surface area is 114 Å². The van der Waals surface area contributed by atoms with Crippen LogP contribution in [0.1, 0.15) is 19.9 Å². The maximum atomic E-state index is 10.7. The fourth-order valence-corrected chi connectivity index (χ4v) is 2.50. The number of aliphatic carboxylic acids is 1. The number of hydrogen-bond donors (Lipinski definition) is 1. The molecule has 0 amide bonds. The number of thioether (sulfide) groups is 1. The Bertz CT molecular complexity index is 590. The van der Waals surface area contributed by atoms with E-state index in [1.54, 1.807) is 12.5 Å². The first kappa shape index (κ1) is 13.6. The van der Waals surface area contributed by atoms with Gasteiger partial charge in [-0.05, 0) is 13.8 Å². The number of aromatic nitrogens is 5. The zero-order valence-corrected chi connectivity index (χ0v) is 11.8. The molecule has 2 rings (SSSR count). The molecule has 0 saturated carbocycles. The van der Waals surface area contributed by atoms with Crippen LogP contribution in [-0.2, 0) is 11.8 Å². The molecule has 102 valence electrons. The molecule has 0 unspecified atom stereocenters. The zero-order chi connectivity index (χ0) is 14.0. The van der Waals surface area contributed by atoms with Crippen LogP contribution in [0, 0.1) is 0 Å². The number of nitrogens with zero attached hydrogens (tertiary/aromatic N) is 5. The van der Waals surface area contributed by atoms with E-state index in [2.05, 4.69) is 15.2 Å². The molecule has 7 nitrogen and oxygen atoms in total. The maximum absolute atomic E-state index is 10.7. The summed E-state index contributed by atoms with van der Waals surface area (Å²) in [5.41, 5.74) is 0.850. The Balaban J connectivity index is 2.40. The number of imidazole rings is 1. The molecule has 8 heteroatoms. The second-order valence-corrected chi connectivity index (χ2v) is 5.28. The minimum absolute atomic E-state index is 0.0315.